The molecular formula is C6H14N4. The van der Waals surface area contributed by atoms with E-state index in [1.54, 1.807) is 19.3 Å². The van der Waals surface area contributed by atoms with Gasteiger partial charge in [-0.25, -0.2) is 5.84 Å². The van der Waals surface area contributed by atoms with Crippen molar-refractivity contribution in [1.82, 2.24) is 10.3 Å². The van der Waals surface area contributed by atoms with E-state index in [-0.39, 0.29) is 0 Å². The van der Waals surface area contributed by atoms with Crippen LogP contribution in [0.3, 0.4) is 0 Å². The van der Waals surface area contributed by atoms with Gasteiger partial charge in [0.25, 0.3) is 0 Å². The van der Waals surface area contributed by atoms with Crippen LogP contribution in [0, 0.1) is 0 Å². The Morgan fingerprint density at radius 1 is 1.80 bits per heavy atom. The Morgan fingerprint density at radius 3 is 2.80 bits per heavy atom. The fourth-order valence-electron chi connectivity index (χ4n) is 0.445. The van der Waals surface area contributed by atoms with E-state index in [0.29, 0.717) is 12.4 Å². The molecule has 0 aromatic carbocycles. The molecule has 0 saturated heterocycles. The van der Waals surface area contributed by atoms with Crippen molar-refractivity contribution < 1.29 is 0 Å². The van der Waals surface area contributed by atoms with Crippen LogP contribution in [0.2, 0.25) is 0 Å². The third-order valence-corrected chi connectivity index (χ3v) is 0.934. The second-order valence-electron chi connectivity index (χ2n) is 1.82. The number of rotatable bonds is 4. The largest absolute Gasteiger partial charge is 0.384 e. The SMILES string of the molecule is C=CCN(N)/C=C(\N)NC. The lowest BCUT2D eigenvalue weighted by atomic mass is 10.6. The number of nitrogens with one attached hydrogen (secondary N) is 1. The maximum absolute atomic E-state index is 5.43. The van der Waals surface area contributed by atoms with E-state index >= 15 is 0 Å². The zero-order valence-electron chi connectivity index (χ0n) is 6.17. The average Bonchev–Trinajstić information content (AvgIpc) is 1.88. The summed E-state index contributed by atoms with van der Waals surface area (Å²) in [5, 5.41) is 4.18. The number of nitrogens with zero attached hydrogens (tertiary/aromatic N) is 1. The predicted octanol–water partition coefficient (Wildman–Crippen LogP) is -0.675. The molecule has 58 valence electrons. The van der Waals surface area contributed by atoms with E-state index in [0.717, 1.165) is 0 Å². The van der Waals surface area contributed by atoms with Gasteiger partial charge in [-0.3, -0.25) is 0 Å². The highest BCUT2D eigenvalue weighted by molar-refractivity contribution is 4.92. The highest BCUT2D eigenvalue weighted by Gasteiger charge is 1.87. The Bertz CT molecular complexity index is 130. The third-order valence-electron chi connectivity index (χ3n) is 0.934. The van der Waals surface area contributed by atoms with Crippen molar-refractivity contribution in [2.45, 2.75) is 0 Å². The Balaban J connectivity index is 3.73. The van der Waals surface area contributed by atoms with E-state index in [9.17, 15) is 0 Å². The standard InChI is InChI=1S/C6H14N4/c1-3-4-10(8)5-6(7)9-2/h3,5,9H,1,4,7-8H2,2H3/b6-5+. The molecule has 0 saturated carbocycles. The van der Waals surface area contributed by atoms with Crippen LogP contribution in [0.5, 0.6) is 0 Å². The molecule has 0 atom stereocenters. The molecule has 0 aliphatic rings. The van der Waals surface area contributed by atoms with Crippen molar-refractivity contribution in [2.24, 2.45) is 11.6 Å². The van der Waals surface area contributed by atoms with Crippen LogP contribution in [0.4, 0.5) is 0 Å². The van der Waals surface area contributed by atoms with Crippen LogP contribution in [-0.4, -0.2) is 18.6 Å². The number of nitrogens with two attached hydrogens (primary N) is 2. The van der Waals surface area contributed by atoms with Gasteiger partial charge < -0.3 is 16.1 Å². The number of hydrazine groups is 1. The summed E-state index contributed by atoms with van der Waals surface area (Å²) in [5.74, 6) is 5.96. The predicted molar refractivity (Wildman–Crippen MR) is 42.4 cm³/mol. The van der Waals surface area contributed by atoms with Crippen LogP contribution >= 0.6 is 0 Å². The van der Waals surface area contributed by atoms with Gasteiger partial charge in [-0.2, -0.15) is 0 Å². The molecule has 0 spiro atoms. The fourth-order valence-corrected chi connectivity index (χ4v) is 0.445. The first kappa shape index (κ1) is 8.84. The molecule has 0 unspecified atom stereocenters. The zero-order chi connectivity index (χ0) is 7.98. The maximum atomic E-state index is 5.43. The molecule has 0 rings (SSSR count). The summed E-state index contributed by atoms with van der Waals surface area (Å²) in [5.41, 5.74) is 5.40. The molecule has 0 aliphatic heterocycles. The van der Waals surface area contributed by atoms with Gasteiger partial charge in [-0.05, 0) is 0 Å². The first-order valence-electron chi connectivity index (χ1n) is 2.98. The first-order valence-corrected chi connectivity index (χ1v) is 2.98. The molecule has 0 bridgehead atoms. The highest BCUT2D eigenvalue weighted by Crippen LogP contribution is 1.81. The van der Waals surface area contributed by atoms with Gasteiger partial charge in [0, 0.05) is 7.05 Å². The third kappa shape index (κ3) is 3.80. The van der Waals surface area contributed by atoms with Gasteiger partial charge in [-0.1, -0.05) is 6.08 Å². The second-order valence-corrected chi connectivity index (χ2v) is 1.82. The van der Waals surface area contributed by atoms with Crippen LogP contribution in [0.25, 0.3) is 0 Å². The van der Waals surface area contributed by atoms with Crippen LogP contribution < -0.4 is 16.9 Å². The molecule has 0 heterocycles. The summed E-state index contributed by atoms with van der Waals surface area (Å²) >= 11 is 0. The van der Waals surface area contributed by atoms with Crippen LogP contribution in [-0.2, 0) is 0 Å². The first-order chi connectivity index (χ1) is 4.70. The smallest absolute Gasteiger partial charge is 0.114 e. The number of hydrogen-bond acceptors (Lipinski definition) is 4. The molecule has 0 aromatic rings. The van der Waals surface area contributed by atoms with Crippen LogP contribution in [0.15, 0.2) is 24.7 Å². The molecule has 4 heteroatoms. The molecule has 0 amide bonds. The maximum Gasteiger partial charge on any atom is 0.114 e. The Morgan fingerprint density at radius 2 is 2.40 bits per heavy atom. The van der Waals surface area contributed by atoms with Gasteiger partial charge in [0.2, 0.25) is 0 Å². The van der Waals surface area contributed by atoms with Gasteiger partial charge in [0.1, 0.15) is 5.82 Å². The van der Waals surface area contributed by atoms with E-state index < -0.39 is 0 Å². The summed E-state index contributed by atoms with van der Waals surface area (Å²) in [7, 11) is 1.73. The molecule has 10 heavy (non-hydrogen) atoms. The summed E-state index contributed by atoms with van der Waals surface area (Å²) in [6, 6.07) is 0. The molecule has 0 fully saturated rings. The van der Waals surface area contributed by atoms with Crippen molar-refractivity contribution in [3.8, 4) is 0 Å². The molecule has 0 aliphatic carbocycles. The minimum absolute atomic E-state index is 0.532. The van der Waals surface area contributed by atoms with Crippen LogP contribution in [0.1, 0.15) is 0 Å². The monoisotopic (exact) mass is 142 g/mol. The Labute approximate surface area is 61.1 Å². The average molecular weight is 142 g/mol. The van der Waals surface area contributed by atoms with Gasteiger partial charge in [0.15, 0.2) is 0 Å². The molecular weight excluding hydrogens is 128 g/mol. The lowest BCUT2D eigenvalue weighted by Crippen LogP contribution is -2.28. The van der Waals surface area contributed by atoms with Crippen molar-refractivity contribution in [3.63, 3.8) is 0 Å². The quantitative estimate of drug-likeness (QED) is 0.276. The molecule has 4 nitrogen and oxygen atoms in total. The summed E-state index contributed by atoms with van der Waals surface area (Å²) < 4.78 is 0. The highest BCUT2D eigenvalue weighted by atomic mass is 15.4. The number of hydrogen-bond donors (Lipinski definition) is 3. The van der Waals surface area contributed by atoms with Gasteiger partial charge in [0.05, 0.1) is 12.7 Å². The normalized spacial score (nSPS) is 10.8. The lowest BCUT2D eigenvalue weighted by Gasteiger charge is -2.11. The van der Waals surface area contributed by atoms with Crippen molar-refractivity contribution in [3.05, 3.63) is 24.7 Å². The molecule has 0 radical (unpaired) electrons. The van der Waals surface area contributed by atoms with Gasteiger partial charge in [-0.15, -0.1) is 6.58 Å². The van der Waals surface area contributed by atoms with E-state index in [2.05, 4.69) is 11.9 Å². The van der Waals surface area contributed by atoms with Crippen molar-refractivity contribution in [2.75, 3.05) is 13.6 Å². The van der Waals surface area contributed by atoms with Gasteiger partial charge >= 0.3 is 0 Å². The van der Waals surface area contributed by atoms with E-state index in [4.69, 9.17) is 11.6 Å². The second kappa shape index (κ2) is 4.69. The summed E-state index contributed by atoms with van der Waals surface area (Å²) in [6.45, 7) is 4.11. The summed E-state index contributed by atoms with van der Waals surface area (Å²) in [4.78, 5) is 0. The van der Waals surface area contributed by atoms with E-state index in [1.165, 1.54) is 5.01 Å². The minimum atomic E-state index is 0.532. The zero-order valence-corrected chi connectivity index (χ0v) is 6.17. The Kier molecular flexibility index (Phi) is 4.15. The minimum Gasteiger partial charge on any atom is -0.384 e. The topological polar surface area (TPSA) is 67.3 Å². The van der Waals surface area contributed by atoms with Crippen molar-refractivity contribution >= 4 is 0 Å². The summed E-state index contributed by atoms with van der Waals surface area (Å²) in [6.07, 6.45) is 3.29. The Hall–Kier alpha value is -1.16. The lowest BCUT2D eigenvalue weighted by molar-refractivity contribution is 0.432. The molecule has 0 aromatic heterocycles. The molecule has 5 N–H and O–H groups in total. The van der Waals surface area contributed by atoms with Crippen molar-refractivity contribution in [1.29, 1.82) is 0 Å². The van der Waals surface area contributed by atoms with E-state index in [1.807, 2.05) is 0 Å². The fraction of sp³-hybridized carbons (Fsp3) is 0.333.